The smallest absolute Gasteiger partial charge is 0.266 e. The lowest BCUT2D eigenvalue weighted by molar-refractivity contribution is -0.122. The lowest BCUT2D eigenvalue weighted by Crippen LogP contribution is -2.30. The van der Waals surface area contributed by atoms with Gasteiger partial charge in [0.2, 0.25) is 0 Å². The molecule has 0 aliphatic heterocycles. The molecule has 1 amide bonds. The van der Waals surface area contributed by atoms with Crippen molar-refractivity contribution in [2.24, 2.45) is 0 Å². The molecule has 0 fully saturated rings. The zero-order valence-corrected chi connectivity index (χ0v) is 19.9. The number of thiazole rings is 1. The Bertz CT molecular complexity index is 1280. The molecule has 4 aromatic rings. The molecule has 4 rings (SSSR count). The van der Waals surface area contributed by atoms with Crippen molar-refractivity contribution in [2.45, 2.75) is 40.2 Å². The number of fused-ring (bicyclic) bond motifs is 3. The Hall–Kier alpha value is -2.90. The van der Waals surface area contributed by atoms with Gasteiger partial charge in [-0.1, -0.05) is 29.9 Å². The first kappa shape index (κ1) is 22.3. The number of anilines is 1. The van der Waals surface area contributed by atoms with Gasteiger partial charge in [-0.25, -0.2) is 4.98 Å². The summed E-state index contributed by atoms with van der Waals surface area (Å²) >= 11 is 7.61. The molecule has 0 aliphatic carbocycles. The molecular weight excluding hydrogens is 446 g/mol. The minimum absolute atomic E-state index is 0.279. The summed E-state index contributed by atoms with van der Waals surface area (Å²) in [7, 11) is 0. The van der Waals surface area contributed by atoms with E-state index in [1.165, 1.54) is 11.3 Å². The lowest BCUT2D eigenvalue weighted by Gasteiger charge is -2.15. The predicted molar refractivity (Wildman–Crippen MR) is 130 cm³/mol. The number of benzene rings is 2. The number of pyridine rings is 1. The fourth-order valence-corrected chi connectivity index (χ4v) is 4.44. The van der Waals surface area contributed by atoms with Gasteiger partial charge in [0.25, 0.3) is 5.91 Å². The summed E-state index contributed by atoms with van der Waals surface area (Å²) in [5.41, 5.74) is 3.36. The van der Waals surface area contributed by atoms with Crippen LogP contribution in [0.2, 0.25) is 5.02 Å². The van der Waals surface area contributed by atoms with Gasteiger partial charge in [-0.2, -0.15) is 0 Å². The number of amides is 1. The fraction of sp³-hybridized carbons (Fsp3) is 0.292. The maximum atomic E-state index is 12.8. The first-order chi connectivity index (χ1) is 15.4. The average molecular weight is 470 g/mol. The van der Waals surface area contributed by atoms with Crippen molar-refractivity contribution < 1.29 is 14.3 Å². The van der Waals surface area contributed by atoms with Crippen molar-refractivity contribution in [1.29, 1.82) is 0 Å². The number of nitrogens with one attached hydrogen (secondary N) is 1. The van der Waals surface area contributed by atoms with Crippen LogP contribution in [0.4, 0.5) is 5.13 Å². The van der Waals surface area contributed by atoms with Crippen molar-refractivity contribution in [3.63, 3.8) is 0 Å². The Kier molecular flexibility index (Phi) is 6.48. The normalized spacial score (nSPS) is 12.2. The minimum Gasteiger partial charge on any atom is -0.491 e. The van der Waals surface area contributed by atoms with Crippen LogP contribution in [0.25, 0.3) is 21.1 Å². The van der Waals surface area contributed by atoms with E-state index in [0.717, 1.165) is 44.4 Å². The van der Waals surface area contributed by atoms with E-state index in [4.69, 9.17) is 21.1 Å². The van der Waals surface area contributed by atoms with Gasteiger partial charge in [0.1, 0.15) is 17.0 Å². The number of aromatic nitrogens is 2. The number of ether oxygens (including phenoxy) is 2. The van der Waals surface area contributed by atoms with Gasteiger partial charge in [-0.3, -0.25) is 15.1 Å². The van der Waals surface area contributed by atoms with E-state index in [1.54, 1.807) is 13.1 Å². The summed E-state index contributed by atoms with van der Waals surface area (Å²) < 4.78 is 12.7. The third-order valence-corrected chi connectivity index (χ3v) is 6.51. The number of aryl methyl sites for hydroxylation is 2. The summed E-state index contributed by atoms with van der Waals surface area (Å²) in [5, 5.41) is 4.97. The summed E-state index contributed by atoms with van der Waals surface area (Å²) in [6, 6.07) is 9.43. The van der Waals surface area contributed by atoms with Gasteiger partial charge in [0.05, 0.1) is 16.8 Å². The highest BCUT2D eigenvalue weighted by Gasteiger charge is 2.19. The van der Waals surface area contributed by atoms with Crippen LogP contribution >= 0.6 is 22.9 Å². The SMILES string of the molecule is CCCOc1cc2sc(NC(=O)[C@@H](C)Oc3cc(C)c(Cl)c(C)c3)nc2c2cccnc12. The van der Waals surface area contributed by atoms with Gasteiger partial charge in [-0.05, 0) is 62.6 Å². The predicted octanol–water partition coefficient (Wildman–Crippen LogP) is 6.31. The molecule has 8 heteroatoms. The molecule has 6 nitrogen and oxygen atoms in total. The van der Waals surface area contributed by atoms with Crippen LogP contribution in [0.3, 0.4) is 0 Å². The zero-order chi connectivity index (χ0) is 22.8. The van der Waals surface area contributed by atoms with Gasteiger partial charge in [0.15, 0.2) is 11.2 Å². The van der Waals surface area contributed by atoms with Crippen LogP contribution in [0.5, 0.6) is 11.5 Å². The largest absolute Gasteiger partial charge is 0.491 e. The van der Waals surface area contributed by atoms with E-state index in [2.05, 4.69) is 22.2 Å². The van der Waals surface area contributed by atoms with E-state index in [0.29, 0.717) is 22.5 Å². The second kappa shape index (κ2) is 9.30. The van der Waals surface area contributed by atoms with Crippen LogP contribution in [0.15, 0.2) is 36.5 Å². The highest BCUT2D eigenvalue weighted by Crippen LogP contribution is 2.36. The van der Waals surface area contributed by atoms with Crippen LogP contribution in [0.1, 0.15) is 31.4 Å². The molecule has 2 heterocycles. The van der Waals surface area contributed by atoms with Gasteiger partial charge >= 0.3 is 0 Å². The van der Waals surface area contributed by atoms with Crippen LogP contribution in [-0.4, -0.2) is 28.6 Å². The minimum atomic E-state index is -0.705. The maximum absolute atomic E-state index is 12.8. The van der Waals surface area contributed by atoms with Crippen molar-refractivity contribution in [2.75, 3.05) is 11.9 Å². The molecule has 32 heavy (non-hydrogen) atoms. The summed E-state index contributed by atoms with van der Waals surface area (Å²) in [6.45, 7) is 8.19. The van der Waals surface area contributed by atoms with Crippen LogP contribution < -0.4 is 14.8 Å². The number of nitrogens with zero attached hydrogens (tertiary/aromatic N) is 2. The van der Waals surface area contributed by atoms with E-state index >= 15 is 0 Å². The number of carbonyl (C=O) groups is 1. The second-order valence-electron chi connectivity index (χ2n) is 7.61. The number of hydrogen-bond donors (Lipinski definition) is 1. The number of carbonyl (C=O) groups excluding carboxylic acids is 1. The fourth-order valence-electron chi connectivity index (χ4n) is 3.42. The molecule has 2 aromatic heterocycles. The molecule has 0 radical (unpaired) electrons. The van der Waals surface area contributed by atoms with Crippen molar-refractivity contribution >= 4 is 55.1 Å². The Labute approximate surface area is 195 Å². The molecule has 0 aliphatic rings. The molecular formula is C24H24ClN3O3S. The third-order valence-electron chi connectivity index (χ3n) is 5.00. The quantitative estimate of drug-likeness (QED) is 0.343. The Morgan fingerprint density at radius 3 is 2.69 bits per heavy atom. The van der Waals surface area contributed by atoms with Gasteiger partial charge in [0, 0.05) is 22.7 Å². The second-order valence-corrected chi connectivity index (χ2v) is 9.02. The van der Waals surface area contributed by atoms with Crippen LogP contribution in [-0.2, 0) is 4.79 Å². The third kappa shape index (κ3) is 4.49. The van der Waals surface area contributed by atoms with Crippen molar-refractivity contribution in [3.05, 3.63) is 52.7 Å². The number of hydrogen-bond acceptors (Lipinski definition) is 6. The van der Waals surface area contributed by atoms with Gasteiger partial charge < -0.3 is 9.47 Å². The Morgan fingerprint density at radius 2 is 1.97 bits per heavy atom. The molecule has 0 unspecified atom stereocenters. The van der Waals surface area contributed by atoms with E-state index in [-0.39, 0.29) is 5.91 Å². The number of rotatable bonds is 7. The summed E-state index contributed by atoms with van der Waals surface area (Å²) in [5.74, 6) is 1.05. The zero-order valence-electron chi connectivity index (χ0n) is 18.4. The first-order valence-corrected chi connectivity index (χ1v) is 11.6. The molecule has 0 bridgehead atoms. The molecule has 2 aromatic carbocycles. The molecule has 166 valence electrons. The van der Waals surface area contributed by atoms with E-state index in [9.17, 15) is 4.79 Å². The summed E-state index contributed by atoms with van der Waals surface area (Å²) in [6.07, 6.45) is 1.94. The summed E-state index contributed by atoms with van der Waals surface area (Å²) in [4.78, 5) is 21.9. The van der Waals surface area contributed by atoms with Crippen LogP contribution in [0, 0.1) is 13.8 Å². The monoisotopic (exact) mass is 469 g/mol. The van der Waals surface area contributed by atoms with Gasteiger partial charge in [-0.15, -0.1) is 0 Å². The highest BCUT2D eigenvalue weighted by atomic mass is 35.5. The Morgan fingerprint density at radius 1 is 1.22 bits per heavy atom. The lowest BCUT2D eigenvalue weighted by atomic mass is 10.1. The molecule has 1 atom stereocenters. The topological polar surface area (TPSA) is 73.3 Å². The first-order valence-electron chi connectivity index (χ1n) is 10.4. The molecule has 0 saturated heterocycles. The molecule has 0 spiro atoms. The standard InChI is InChI=1S/C24H24ClN3O3S/c1-5-9-30-18-12-19-22(17-7-6-8-26-21(17)18)27-24(32-19)28-23(29)15(4)31-16-10-13(2)20(25)14(3)11-16/h6-8,10-12,15H,5,9H2,1-4H3,(H,27,28,29)/t15-/m1/s1. The van der Waals surface area contributed by atoms with E-state index < -0.39 is 6.10 Å². The average Bonchev–Trinajstić information content (AvgIpc) is 3.18. The molecule has 1 N–H and O–H groups in total. The number of halogens is 1. The van der Waals surface area contributed by atoms with E-state index in [1.807, 2.05) is 44.2 Å². The Balaban J connectivity index is 1.57. The maximum Gasteiger partial charge on any atom is 0.266 e. The van der Waals surface area contributed by atoms with Crippen molar-refractivity contribution in [3.8, 4) is 11.5 Å². The highest BCUT2D eigenvalue weighted by molar-refractivity contribution is 7.22. The van der Waals surface area contributed by atoms with Crippen molar-refractivity contribution in [1.82, 2.24) is 9.97 Å². The molecule has 0 saturated carbocycles.